The molecular formula is C23H15FN2O3S. The summed E-state index contributed by atoms with van der Waals surface area (Å²) < 4.78 is 46.1. The predicted molar refractivity (Wildman–Crippen MR) is 110 cm³/mol. The third-order valence-corrected chi connectivity index (χ3v) is 6.48. The van der Waals surface area contributed by atoms with Crippen LogP contribution >= 0.6 is 0 Å². The molecule has 5 nitrogen and oxygen atoms in total. The minimum atomic E-state index is -4.02. The number of hydrogen-bond donors (Lipinski definition) is 0. The van der Waals surface area contributed by atoms with Gasteiger partial charge in [0.05, 0.1) is 34.1 Å². The van der Waals surface area contributed by atoms with Gasteiger partial charge in [0, 0.05) is 23.2 Å². The van der Waals surface area contributed by atoms with Gasteiger partial charge in [-0.1, -0.05) is 18.2 Å². The van der Waals surface area contributed by atoms with Crippen LogP contribution in [0.2, 0.25) is 0 Å². The first-order chi connectivity index (χ1) is 14.4. The van der Waals surface area contributed by atoms with Crippen LogP contribution in [0.1, 0.15) is 5.56 Å². The second-order valence-corrected chi connectivity index (χ2v) is 8.45. The molecule has 4 aromatic rings. The largest absolute Gasteiger partial charge is 0.497 e. The zero-order valence-electron chi connectivity index (χ0n) is 15.8. The van der Waals surface area contributed by atoms with Crippen LogP contribution in [0.15, 0.2) is 82.7 Å². The van der Waals surface area contributed by atoms with Crippen molar-refractivity contribution in [3.63, 3.8) is 0 Å². The van der Waals surface area contributed by atoms with Gasteiger partial charge in [-0.2, -0.15) is 5.26 Å². The van der Waals surface area contributed by atoms with Crippen LogP contribution < -0.4 is 4.74 Å². The molecule has 0 saturated heterocycles. The van der Waals surface area contributed by atoms with Gasteiger partial charge in [-0.25, -0.2) is 12.8 Å². The molecule has 0 spiro atoms. The summed E-state index contributed by atoms with van der Waals surface area (Å²) in [6.07, 6.45) is 1.23. The maximum absolute atomic E-state index is 13.8. The van der Waals surface area contributed by atoms with Gasteiger partial charge in [0.25, 0.3) is 0 Å². The first-order valence-corrected chi connectivity index (χ1v) is 10.4. The SMILES string of the molecule is COc1cccc(-c2c(S(=O)(=O)c3cccc(C#N)c3)cnc3cc(F)ccc23)c1. The number of nitrogens with zero attached hydrogens (tertiary/aromatic N) is 2. The van der Waals surface area contributed by atoms with Gasteiger partial charge in [0.15, 0.2) is 0 Å². The van der Waals surface area contributed by atoms with Gasteiger partial charge in [0.2, 0.25) is 9.84 Å². The maximum atomic E-state index is 13.8. The molecule has 0 amide bonds. The van der Waals surface area contributed by atoms with E-state index in [1.165, 1.54) is 55.8 Å². The topological polar surface area (TPSA) is 80.0 Å². The summed E-state index contributed by atoms with van der Waals surface area (Å²) in [6, 6.07) is 18.7. The lowest BCUT2D eigenvalue weighted by Gasteiger charge is -2.14. The van der Waals surface area contributed by atoms with E-state index in [1.54, 1.807) is 24.3 Å². The van der Waals surface area contributed by atoms with Crippen LogP contribution in [-0.4, -0.2) is 20.5 Å². The summed E-state index contributed by atoms with van der Waals surface area (Å²) in [5.74, 6) is 0.0818. The van der Waals surface area contributed by atoms with E-state index in [9.17, 15) is 12.8 Å². The predicted octanol–water partition coefficient (Wildman–Crippen LogP) is 4.75. The molecule has 0 radical (unpaired) electrons. The van der Waals surface area contributed by atoms with Crippen molar-refractivity contribution >= 4 is 20.7 Å². The quantitative estimate of drug-likeness (QED) is 0.478. The van der Waals surface area contributed by atoms with Crippen molar-refractivity contribution in [2.75, 3.05) is 7.11 Å². The Morgan fingerprint density at radius 1 is 1.03 bits per heavy atom. The van der Waals surface area contributed by atoms with Gasteiger partial charge in [-0.15, -0.1) is 0 Å². The van der Waals surface area contributed by atoms with Crippen LogP contribution in [0.4, 0.5) is 4.39 Å². The lowest BCUT2D eigenvalue weighted by atomic mass is 10.0. The molecule has 0 fully saturated rings. The van der Waals surface area contributed by atoms with Gasteiger partial charge in [-0.3, -0.25) is 4.98 Å². The van der Waals surface area contributed by atoms with Crippen LogP contribution in [0, 0.1) is 17.1 Å². The summed E-state index contributed by atoms with van der Waals surface area (Å²) in [6.45, 7) is 0. The second kappa shape index (κ2) is 7.58. The number of aromatic nitrogens is 1. The lowest BCUT2D eigenvalue weighted by Crippen LogP contribution is -2.06. The van der Waals surface area contributed by atoms with Crippen LogP contribution in [0.5, 0.6) is 5.75 Å². The number of pyridine rings is 1. The molecule has 30 heavy (non-hydrogen) atoms. The molecule has 3 aromatic carbocycles. The Bertz CT molecular complexity index is 1430. The number of hydrogen-bond acceptors (Lipinski definition) is 5. The number of rotatable bonds is 4. The highest BCUT2D eigenvalue weighted by molar-refractivity contribution is 7.91. The van der Waals surface area contributed by atoms with Crippen LogP contribution in [-0.2, 0) is 9.84 Å². The molecule has 148 valence electrons. The number of ether oxygens (including phenoxy) is 1. The molecular weight excluding hydrogens is 403 g/mol. The molecule has 0 aliphatic carbocycles. The van der Waals surface area contributed by atoms with Crippen LogP contribution in [0.25, 0.3) is 22.0 Å². The molecule has 0 aliphatic heterocycles. The number of nitriles is 1. The number of fused-ring (bicyclic) bond motifs is 1. The normalized spacial score (nSPS) is 11.2. The first-order valence-electron chi connectivity index (χ1n) is 8.92. The standard InChI is InChI=1S/C23H15FN2O3S/c1-29-18-6-3-5-16(11-18)23-20-9-8-17(24)12-21(20)26-14-22(23)30(27,28)19-7-2-4-15(10-19)13-25/h2-12,14H,1H3. The number of sulfone groups is 1. The zero-order valence-corrected chi connectivity index (χ0v) is 16.7. The Morgan fingerprint density at radius 2 is 1.83 bits per heavy atom. The second-order valence-electron chi connectivity index (χ2n) is 6.53. The van der Waals surface area contributed by atoms with Crippen molar-refractivity contribution in [1.29, 1.82) is 5.26 Å². The molecule has 1 aromatic heterocycles. The van der Waals surface area contributed by atoms with Crippen molar-refractivity contribution in [2.45, 2.75) is 9.79 Å². The molecule has 7 heteroatoms. The van der Waals surface area contributed by atoms with E-state index in [2.05, 4.69) is 4.98 Å². The number of methoxy groups -OCH3 is 1. The third-order valence-electron chi connectivity index (χ3n) is 4.72. The van der Waals surface area contributed by atoms with Crippen LogP contribution in [0.3, 0.4) is 0 Å². The Balaban J connectivity index is 2.07. The fraction of sp³-hybridized carbons (Fsp3) is 0.0435. The van der Waals surface area contributed by atoms with Crippen molar-refractivity contribution < 1.29 is 17.5 Å². The number of benzene rings is 3. The molecule has 0 bridgehead atoms. The molecule has 0 atom stereocenters. The smallest absolute Gasteiger partial charge is 0.208 e. The molecule has 0 aliphatic rings. The Morgan fingerprint density at radius 3 is 2.60 bits per heavy atom. The van der Waals surface area contributed by atoms with Crippen molar-refractivity contribution in [1.82, 2.24) is 4.98 Å². The Kier molecular flexibility index (Phi) is 4.94. The van der Waals surface area contributed by atoms with E-state index in [0.717, 1.165) is 0 Å². The highest BCUT2D eigenvalue weighted by Gasteiger charge is 2.25. The minimum absolute atomic E-state index is 0.0195. The van der Waals surface area contributed by atoms with Gasteiger partial charge >= 0.3 is 0 Å². The molecule has 0 saturated carbocycles. The summed E-state index contributed by atoms with van der Waals surface area (Å²) in [7, 11) is -2.50. The van der Waals surface area contributed by atoms with Gasteiger partial charge < -0.3 is 4.74 Å². The monoisotopic (exact) mass is 418 g/mol. The highest BCUT2D eigenvalue weighted by atomic mass is 32.2. The minimum Gasteiger partial charge on any atom is -0.497 e. The van der Waals surface area contributed by atoms with E-state index in [4.69, 9.17) is 10.00 Å². The first kappa shape index (κ1) is 19.6. The third kappa shape index (κ3) is 3.38. The Hall–Kier alpha value is -3.76. The molecule has 1 heterocycles. The van der Waals surface area contributed by atoms with E-state index < -0.39 is 15.7 Å². The maximum Gasteiger partial charge on any atom is 0.208 e. The summed E-state index contributed by atoms with van der Waals surface area (Å²) in [5.41, 5.74) is 1.54. The van der Waals surface area contributed by atoms with E-state index >= 15 is 0 Å². The average molecular weight is 418 g/mol. The zero-order chi connectivity index (χ0) is 21.3. The van der Waals surface area contributed by atoms with Gasteiger partial charge in [0.1, 0.15) is 11.6 Å². The lowest BCUT2D eigenvalue weighted by molar-refractivity contribution is 0.415. The number of halogens is 1. The molecule has 0 unspecified atom stereocenters. The average Bonchev–Trinajstić information content (AvgIpc) is 2.78. The summed E-state index contributed by atoms with van der Waals surface area (Å²) in [4.78, 5) is 4.13. The van der Waals surface area contributed by atoms with Crippen molar-refractivity contribution in [3.05, 3.63) is 84.3 Å². The van der Waals surface area contributed by atoms with E-state index in [-0.39, 0.29) is 15.4 Å². The highest BCUT2D eigenvalue weighted by Crippen LogP contribution is 2.37. The molecule has 4 rings (SSSR count). The molecule has 0 N–H and O–H groups in total. The van der Waals surface area contributed by atoms with Gasteiger partial charge in [-0.05, 0) is 48.0 Å². The van der Waals surface area contributed by atoms with Crippen molar-refractivity contribution in [3.8, 4) is 22.9 Å². The fourth-order valence-electron chi connectivity index (χ4n) is 3.29. The van der Waals surface area contributed by atoms with E-state index in [0.29, 0.717) is 27.8 Å². The summed E-state index contributed by atoms with van der Waals surface area (Å²) in [5, 5.41) is 9.64. The van der Waals surface area contributed by atoms with E-state index in [1.807, 2.05) is 6.07 Å². The fourth-order valence-corrected chi connectivity index (χ4v) is 4.77. The summed E-state index contributed by atoms with van der Waals surface area (Å²) >= 11 is 0. The van der Waals surface area contributed by atoms with Crippen molar-refractivity contribution in [2.24, 2.45) is 0 Å². The Labute approximate surface area is 172 Å².